The summed E-state index contributed by atoms with van der Waals surface area (Å²) in [6, 6.07) is 13.2. The smallest absolute Gasteiger partial charge is 0.250 e. The van der Waals surface area contributed by atoms with Crippen LogP contribution in [0.3, 0.4) is 0 Å². The first kappa shape index (κ1) is 14.9. The summed E-state index contributed by atoms with van der Waals surface area (Å²) in [6.07, 6.45) is 5.37. The minimum atomic E-state index is -0.193. The van der Waals surface area contributed by atoms with E-state index in [2.05, 4.69) is 15.4 Å². The average Bonchev–Trinajstić information content (AvgIpc) is 3.06. The predicted octanol–water partition coefficient (Wildman–Crippen LogP) is 2.52. The first-order valence-corrected chi connectivity index (χ1v) is 7.11. The normalized spacial score (nSPS) is 10.5. The van der Waals surface area contributed by atoms with E-state index in [4.69, 9.17) is 4.74 Å². The van der Waals surface area contributed by atoms with Crippen LogP contribution in [0.4, 0.5) is 5.69 Å². The van der Waals surface area contributed by atoms with E-state index >= 15 is 0 Å². The van der Waals surface area contributed by atoms with E-state index in [-0.39, 0.29) is 12.5 Å². The highest BCUT2D eigenvalue weighted by atomic mass is 16.5. The number of hydrogen-bond acceptors (Lipinski definition) is 4. The monoisotopic (exact) mass is 308 g/mol. The minimum Gasteiger partial charge on any atom is -0.375 e. The van der Waals surface area contributed by atoms with Gasteiger partial charge < -0.3 is 10.1 Å². The summed E-state index contributed by atoms with van der Waals surface area (Å²) >= 11 is 0. The Bertz CT molecular complexity index is 799. The number of amides is 1. The first-order chi connectivity index (χ1) is 11.3. The molecule has 0 spiro atoms. The van der Waals surface area contributed by atoms with Gasteiger partial charge in [0.1, 0.15) is 6.61 Å². The van der Waals surface area contributed by atoms with Crippen LogP contribution in [0.15, 0.2) is 61.1 Å². The molecular weight excluding hydrogens is 292 g/mol. The number of rotatable bonds is 5. The molecule has 2 heterocycles. The number of aromatic nitrogens is 3. The van der Waals surface area contributed by atoms with E-state index in [1.807, 2.05) is 48.7 Å². The molecule has 6 nitrogen and oxygen atoms in total. The molecule has 1 amide bonds. The second kappa shape index (κ2) is 6.85. The molecule has 2 aromatic heterocycles. The van der Waals surface area contributed by atoms with Crippen LogP contribution in [0.2, 0.25) is 0 Å². The number of benzene rings is 1. The maximum absolute atomic E-state index is 11.6. The molecule has 0 fully saturated rings. The fourth-order valence-corrected chi connectivity index (χ4v) is 2.19. The third-order valence-corrected chi connectivity index (χ3v) is 3.22. The van der Waals surface area contributed by atoms with Crippen LogP contribution in [0.25, 0.3) is 16.9 Å². The van der Waals surface area contributed by atoms with Crippen molar-refractivity contribution in [3.63, 3.8) is 0 Å². The number of pyridine rings is 1. The number of carbonyl (C=O) groups excluding carboxylic acids is 1. The van der Waals surface area contributed by atoms with Crippen molar-refractivity contribution in [3.8, 4) is 16.9 Å². The van der Waals surface area contributed by atoms with Gasteiger partial charge in [-0.1, -0.05) is 6.07 Å². The molecule has 116 valence electrons. The Morgan fingerprint density at radius 3 is 2.96 bits per heavy atom. The molecule has 3 rings (SSSR count). The van der Waals surface area contributed by atoms with Gasteiger partial charge in [0.2, 0.25) is 5.91 Å². The van der Waals surface area contributed by atoms with E-state index in [1.54, 1.807) is 17.1 Å². The van der Waals surface area contributed by atoms with Gasteiger partial charge in [-0.2, -0.15) is 5.10 Å². The third-order valence-electron chi connectivity index (χ3n) is 3.22. The Balaban J connectivity index is 1.82. The zero-order chi connectivity index (χ0) is 16.1. The van der Waals surface area contributed by atoms with Crippen LogP contribution in [0.1, 0.15) is 0 Å². The summed E-state index contributed by atoms with van der Waals surface area (Å²) in [4.78, 5) is 15.7. The lowest BCUT2D eigenvalue weighted by Crippen LogP contribution is -2.17. The van der Waals surface area contributed by atoms with E-state index in [0.29, 0.717) is 5.69 Å². The summed E-state index contributed by atoms with van der Waals surface area (Å²) in [5.41, 5.74) is 3.35. The Labute approximate surface area is 133 Å². The molecule has 0 aliphatic rings. The highest BCUT2D eigenvalue weighted by Crippen LogP contribution is 2.19. The van der Waals surface area contributed by atoms with Gasteiger partial charge in [-0.05, 0) is 36.4 Å². The molecule has 1 aromatic carbocycles. The van der Waals surface area contributed by atoms with E-state index in [1.165, 1.54) is 7.11 Å². The molecule has 6 heteroatoms. The number of nitrogens with one attached hydrogen (secondary N) is 1. The van der Waals surface area contributed by atoms with E-state index in [0.717, 1.165) is 16.9 Å². The van der Waals surface area contributed by atoms with Gasteiger partial charge in [0, 0.05) is 37.0 Å². The van der Waals surface area contributed by atoms with Crippen molar-refractivity contribution in [2.45, 2.75) is 0 Å². The minimum absolute atomic E-state index is 0.0250. The number of carbonyl (C=O) groups is 1. The van der Waals surface area contributed by atoms with Gasteiger partial charge in [-0.15, -0.1) is 0 Å². The molecule has 0 radical (unpaired) electrons. The number of methoxy groups -OCH3 is 1. The van der Waals surface area contributed by atoms with Gasteiger partial charge in [0.15, 0.2) is 0 Å². The quantitative estimate of drug-likeness (QED) is 0.786. The SMILES string of the molecule is COCC(=O)Nc1cccc(-n2ccc(-c3cccnc3)n2)c1. The van der Waals surface area contributed by atoms with Crippen molar-refractivity contribution in [2.75, 3.05) is 19.0 Å². The highest BCUT2D eigenvalue weighted by Gasteiger charge is 2.06. The van der Waals surface area contributed by atoms with E-state index < -0.39 is 0 Å². The standard InChI is InChI=1S/C17H16N4O2/c1-23-12-17(22)19-14-5-2-6-15(10-14)21-9-7-16(20-21)13-4-3-8-18-11-13/h2-11H,12H2,1H3,(H,19,22). The molecule has 23 heavy (non-hydrogen) atoms. The number of anilines is 1. The molecule has 0 aliphatic carbocycles. The van der Waals surface area contributed by atoms with Crippen LogP contribution >= 0.6 is 0 Å². The molecule has 3 aromatic rings. The fourth-order valence-electron chi connectivity index (χ4n) is 2.19. The van der Waals surface area contributed by atoms with Crippen molar-refractivity contribution in [2.24, 2.45) is 0 Å². The summed E-state index contributed by atoms with van der Waals surface area (Å²) in [7, 11) is 1.49. The van der Waals surface area contributed by atoms with Crippen molar-refractivity contribution in [1.82, 2.24) is 14.8 Å². The molecule has 0 unspecified atom stereocenters. The maximum Gasteiger partial charge on any atom is 0.250 e. The largest absolute Gasteiger partial charge is 0.375 e. The molecule has 0 bridgehead atoms. The second-order valence-electron chi connectivity index (χ2n) is 4.92. The topological polar surface area (TPSA) is 69.0 Å². The molecular formula is C17H16N4O2. The highest BCUT2D eigenvalue weighted by molar-refractivity contribution is 5.91. The van der Waals surface area contributed by atoms with Crippen molar-refractivity contribution < 1.29 is 9.53 Å². The van der Waals surface area contributed by atoms with E-state index in [9.17, 15) is 4.79 Å². The molecule has 0 aliphatic heterocycles. The van der Waals surface area contributed by atoms with Gasteiger partial charge in [-0.25, -0.2) is 4.68 Å². The van der Waals surface area contributed by atoms with Crippen molar-refractivity contribution in [3.05, 3.63) is 61.1 Å². The third kappa shape index (κ3) is 3.61. The maximum atomic E-state index is 11.6. The van der Waals surface area contributed by atoms with Crippen LogP contribution in [0, 0.1) is 0 Å². The number of nitrogens with zero attached hydrogens (tertiary/aromatic N) is 3. The van der Waals surface area contributed by atoms with Crippen LogP contribution < -0.4 is 5.32 Å². The van der Waals surface area contributed by atoms with Gasteiger partial charge in [0.25, 0.3) is 0 Å². The second-order valence-corrected chi connectivity index (χ2v) is 4.92. The summed E-state index contributed by atoms with van der Waals surface area (Å²) < 4.78 is 6.57. The predicted molar refractivity (Wildman–Crippen MR) is 87.3 cm³/mol. The molecule has 0 saturated heterocycles. The summed E-state index contributed by atoms with van der Waals surface area (Å²) in [6.45, 7) is 0.0250. The lowest BCUT2D eigenvalue weighted by atomic mass is 10.2. The summed E-state index contributed by atoms with van der Waals surface area (Å²) in [5.74, 6) is -0.193. The van der Waals surface area contributed by atoms with Crippen molar-refractivity contribution in [1.29, 1.82) is 0 Å². The Kier molecular flexibility index (Phi) is 4.44. The van der Waals surface area contributed by atoms with Gasteiger partial charge >= 0.3 is 0 Å². The summed E-state index contributed by atoms with van der Waals surface area (Å²) in [5, 5.41) is 7.32. The molecule has 1 N–H and O–H groups in total. The van der Waals surface area contributed by atoms with Crippen LogP contribution in [0.5, 0.6) is 0 Å². The lowest BCUT2D eigenvalue weighted by Gasteiger charge is -2.07. The van der Waals surface area contributed by atoms with Gasteiger partial charge in [-0.3, -0.25) is 9.78 Å². The molecule has 0 saturated carbocycles. The Morgan fingerprint density at radius 2 is 2.17 bits per heavy atom. The van der Waals surface area contributed by atoms with Gasteiger partial charge in [0.05, 0.1) is 11.4 Å². The zero-order valence-corrected chi connectivity index (χ0v) is 12.6. The fraction of sp³-hybridized carbons (Fsp3) is 0.118. The number of ether oxygens (including phenoxy) is 1. The average molecular weight is 308 g/mol. The lowest BCUT2D eigenvalue weighted by molar-refractivity contribution is -0.119. The Morgan fingerprint density at radius 1 is 1.26 bits per heavy atom. The molecule has 0 atom stereocenters. The van der Waals surface area contributed by atoms with Crippen LogP contribution in [-0.4, -0.2) is 34.4 Å². The Hall–Kier alpha value is -2.99. The number of hydrogen-bond donors (Lipinski definition) is 1. The van der Waals surface area contributed by atoms with Crippen molar-refractivity contribution >= 4 is 11.6 Å². The zero-order valence-electron chi connectivity index (χ0n) is 12.6. The van der Waals surface area contributed by atoms with Crippen LogP contribution in [-0.2, 0) is 9.53 Å². The first-order valence-electron chi connectivity index (χ1n) is 7.11.